The smallest absolute Gasteiger partial charge is 0.239 e. The van der Waals surface area contributed by atoms with Gasteiger partial charge >= 0.3 is 0 Å². The van der Waals surface area contributed by atoms with E-state index in [1.165, 1.54) is 11.8 Å². The zero-order chi connectivity index (χ0) is 16.7. The lowest BCUT2D eigenvalue weighted by atomic mass is 10.2. The molecule has 0 aliphatic heterocycles. The molecule has 2 amide bonds. The maximum atomic E-state index is 11.8. The summed E-state index contributed by atoms with van der Waals surface area (Å²) in [6, 6.07) is 9.44. The fraction of sp³-hybridized carbons (Fsp3) is 0.250. The summed E-state index contributed by atoms with van der Waals surface area (Å²) in [7, 11) is 0. The Morgan fingerprint density at radius 2 is 2.04 bits per heavy atom. The SMILES string of the molecule is Cc1cc(Br)ccc1SCC(=O)NCC(=O)NCc1ccco1. The van der Waals surface area contributed by atoms with Gasteiger partial charge in [0.15, 0.2) is 0 Å². The Balaban J connectivity index is 1.67. The molecule has 2 aromatic rings. The number of hydrogen-bond donors (Lipinski definition) is 2. The van der Waals surface area contributed by atoms with E-state index in [1.807, 2.05) is 25.1 Å². The number of amides is 2. The first-order valence-corrected chi connectivity index (χ1v) is 8.77. The Morgan fingerprint density at radius 1 is 1.22 bits per heavy atom. The third kappa shape index (κ3) is 6.11. The topological polar surface area (TPSA) is 71.3 Å². The molecule has 122 valence electrons. The monoisotopic (exact) mass is 396 g/mol. The van der Waals surface area contributed by atoms with E-state index >= 15 is 0 Å². The minimum atomic E-state index is -0.250. The van der Waals surface area contributed by atoms with E-state index in [-0.39, 0.29) is 24.1 Å². The summed E-state index contributed by atoms with van der Waals surface area (Å²) in [5, 5.41) is 5.27. The molecule has 2 N–H and O–H groups in total. The number of hydrogen-bond acceptors (Lipinski definition) is 4. The molecule has 0 atom stereocenters. The number of carbonyl (C=O) groups excluding carboxylic acids is 2. The fourth-order valence-corrected chi connectivity index (χ4v) is 3.12. The van der Waals surface area contributed by atoms with E-state index < -0.39 is 0 Å². The summed E-state index contributed by atoms with van der Waals surface area (Å²) in [6.07, 6.45) is 1.55. The van der Waals surface area contributed by atoms with E-state index in [0.29, 0.717) is 12.3 Å². The van der Waals surface area contributed by atoms with Gasteiger partial charge in [-0.3, -0.25) is 9.59 Å². The van der Waals surface area contributed by atoms with Crippen molar-refractivity contribution >= 4 is 39.5 Å². The second kappa shape index (κ2) is 8.79. The lowest BCUT2D eigenvalue weighted by Crippen LogP contribution is -2.37. The van der Waals surface area contributed by atoms with E-state index in [0.717, 1.165) is 14.9 Å². The first-order chi connectivity index (χ1) is 11.0. The first kappa shape index (κ1) is 17.6. The van der Waals surface area contributed by atoms with Gasteiger partial charge in [-0.2, -0.15) is 0 Å². The molecule has 0 radical (unpaired) electrons. The quantitative estimate of drug-likeness (QED) is 0.705. The van der Waals surface area contributed by atoms with E-state index in [9.17, 15) is 9.59 Å². The van der Waals surface area contributed by atoms with Gasteiger partial charge in [0.05, 0.1) is 25.1 Å². The summed E-state index contributed by atoms with van der Waals surface area (Å²) in [4.78, 5) is 24.5. The van der Waals surface area contributed by atoms with Crippen molar-refractivity contribution in [2.75, 3.05) is 12.3 Å². The van der Waals surface area contributed by atoms with Crippen LogP contribution in [0.5, 0.6) is 0 Å². The van der Waals surface area contributed by atoms with E-state index in [4.69, 9.17) is 4.42 Å². The Morgan fingerprint density at radius 3 is 2.74 bits per heavy atom. The molecular formula is C16H17BrN2O3S. The van der Waals surface area contributed by atoms with Gasteiger partial charge in [-0.25, -0.2) is 0 Å². The van der Waals surface area contributed by atoms with Crippen LogP contribution in [-0.2, 0) is 16.1 Å². The van der Waals surface area contributed by atoms with Crippen LogP contribution in [0.4, 0.5) is 0 Å². The molecule has 0 aliphatic rings. The van der Waals surface area contributed by atoms with Crippen LogP contribution in [0.15, 0.2) is 50.4 Å². The summed E-state index contributed by atoms with van der Waals surface area (Å²) in [5.41, 5.74) is 1.10. The van der Waals surface area contributed by atoms with Gasteiger partial charge in [0.2, 0.25) is 11.8 Å². The molecule has 23 heavy (non-hydrogen) atoms. The highest BCUT2D eigenvalue weighted by Crippen LogP contribution is 2.24. The van der Waals surface area contributed by atoms with Crippen molar-refractivity contribution in [2.24, 2.45) is 0 Å². The highest BCUT2D eigenvalue weighted by Gasteiger charge is 2.08. The molecule has 5 nitrogen and oxygen atoms in total. The zero-order valence-electron chi connectivity index (χ0n) is 12.6. The van der Waals surface area contributed by atoms with Crippen molar-refractivity contribution in [3.63, 3.8) is 0 Å². The molecule has 1 aromatic carbocycles. The van der Waals surface area contributed by atoms with Crippen LogP contribution in [0.1, 0.15) is 11.3 Å². The Bertz CT molecular complexity index is 674. The van der Waals surface area contributed by atoms with Crippen LogP contribution in [0.2, 0.25) is 0 Å². The van der Waals surface area contributed by atoms with Crippen LogP contribution < -0.4 is 10.6 Å². The molecule has 0 saturated carbocycles. The van der Waals surface area contributed by atoms with Gasteiger partial charge < -0.3 is 15.1 Å². The van der Waals surface area contributed by atoms with Crippen molar-refractivity contribution < 1.29 is 14.0 Å². The average molecular weight is 397 g/mol. The molecular weight excluding hydrogens is 380 g/mol. The van der Waals surface area contributed by atoms with Gasteiger partial charge in [-0.1, -0.05) is 15.9 Å². The largest absolute Gasteiger partial charge is 0.467 e. The number of aryl methyl sites for hydroxylation is 1. The lowest BCUT2D eigenvalue weighted by Gasteiger charge is -2.07. The predicted octanol–water partition coefficient (Wildman–Crippen LogP) is 2.88. The Hall–Kier alpha value is -1.73. The number of benzene rings is 1. The number of rotatable bonds is 7. The summed E-state index contributed by atoms with van der Waals surface area (Å²) >= 11 is 4.85. The second-order valence-corrected chi connectivity index (χ2v) is 6.76. The maximum absolute atomic E-state index is 11.8. The van der Waals surface area contributed by atoms with Crippen molar-refractivity contribution in [1.82, 2.24) is 10.6 Å². The third-order valence-electron chi connectivity index (χ3n) is 2.98. The normalized spacial score (nSPS) is 10.3. The molecule has 0 saturated heterocycles. The van der Waals surface area contributed by atoms with Gasteiger partial charge in [0, 0.05) is 9.37 Å². The predicted molar refractivity (Wildman–Crippen MR) is 93.2 cm³/mol. The zero-order valence-corrected chi connectivity index (χ0v) is 15.0. The van der Waals surface area contributed by atoms with Crippen molar-refractivity contribution in [3.8, 4) is 0 Å². The Labute approximate surface area is 147 Å². The molecule has 0 spiro atoms. The summed E-state index contributed by atoms with van der Waals surface area (Å²) in [5.74, 6) is 0.518. The second-order valence-electron chi connectivity index (χ2n) is 4.83. The highest BCUT2D eigenvalue weighted by molar-refractivity contribution is 9.10. The van der Waals surface area contributed by atoms with Crippen LogP contribution >= 0.6 is 27.7 Å². The number of thioether (sulfide) groups is 1. The molecule has 1 heterocycles. The number of carbonyl (C=O) groups is 2. The summed E-state index contributed by atoms with van der Waals surface area (Å²) in [6.45, 7) is 2.26. The van der Waals surface area contributed by atoms with Crippen molar-refractivity contribution in [1.29, 1.82) is 0 Å². The van der Waals surface area contributed by atoms with E-state index in [1.54, 1.807) is 18.4 Å². The maximum Gasteiger partial charge on any atom is 0.239 e. The van der Waals surface area contributed by atoms with Gasteiger partial charge in [0.25, 0.3) is 0 Å². The van der Waals surface area contributed by atoms with Crippen molar-refractivity contribution in [2.45, 2.75) is 18.4 Å². The van der Waals surface area contributed by atoms with E-state index in [2.05, 4.69) is 26.6 Å². The van der Waals surface area contributed by atoms with Gasteiger partial charge in [-0.05, 0) is 42.8 Å². The standard InChI is InChI=1S/C16H17BrN2O3S/c1-11-7-12(17)4-5-14(11)23-10-16(21)19-9-15(20)18-8-13-3-2-6-22-13/h2-7H,8-10H2,1H3,(H,18,20)(H,19,21). The van der Waals surface area contributed by atoms with Crippen molar-refractivity contribution in [3.05, 3.63) is 52.4 Å². The van der Waals surface area contributed by atoms with Gasteiger partial charge in [0.1, 0.15) is 5.76 Å². The number of halogens is 1. The summed E-state index contributed by atoms with van der Waals surface area (Å²) < 4.78 is 6.12. The highest BCUT2D eigenvalue weighted by atomic mass is 79.9. The number of furan rings is 1. The molecule has 0 aliphatic carbocycles. The molecule has 2 rings (SSSR count). The minimum absolute atomic E-state index is 0.0422. The van der Waals surface area contributed by atoms with Crippen LogP contribution in [0.3, 0.4) is 0 Å². The molecule has 7 heteroatoms. The van der Waals surface area contributed by atoms with Gasteiger partial charge in [-0.15, -0.1) is 11.8 Å². The minimum Gasteiger partial charge on any atom is -0.467 e. The van der Waals surface area contributed by atoms with Crippen LogP contribution in [0.25, 0.3) is 0 Å². The molecule has 0 unspecified atom stereocenters. The number of nitrogens with one attached hydrogen (secondary N) is 2. The molecule has 0 fully saturated rings. The van der Waals surface area contributed by atoms with Crippen LogP contribution in [-0.4, -0.2) is 24.1 Å². The first-order valence-electron chi connectivity index (χ1n) is 6.99. The third-order valence-corrected chi connectivity index (χ3v) is 4.65. The average Bonchev–Trinajstić information content (AvgIpc) is 3.03. The Kier molecular flexibility index (Phi) is 6.73. The van der Waals surface area contributed by atoms with Crippen LogP contribution in [0, 0.1) is 6.92 Å². The lowest BCUT2D eigenvalue weighted by molar-refractivity contribution is -0.124. The molecule has 1 aromatic heterocycles. The molecule has 0 bridgehead atoms. The fourth-order valence-electron chi connectivity index (χ4n) is 1.81.